The van der Waals surface area contributed by atoms with Gasteiger partial charge in [-0.1, -0.05) is 12.1 Å². The van der Waals surface area contributed by atoms with E-state index in [-0.39, 0.29) is 10.6 Å². The molecule has 1 amide bonds. The van der Waals surface area contributed by atoms with Crippen molar-refractivity contribution in [2.24, 2.45) is 7.05 Å². The third-order valence-electron chi connectivity index (χ3n) is 2.30. The van der Waals surface area contributed by atoms with Crippen molar-refractivity contribution in [2.45, 2.75) is 5.03 Å². The number of imidazole rings is 1. The highest BCUT2D eigenvalue weighted by Crippen LogP contribution is 2.09. The molecule has 0 saturated heterocycles. The van der Waals surface area contributed by atoms with Crippen LogP contribution in [0.5, 0.6) is 0 Å². The summed E-state index contributed by atoms with van der Waals surface area (Å²) in [5.41, 5.74) is -0.345. The zero-order chi connectivity index (χ0) is 14.0. The molecule has 0 radical (unpaired) electrons. The van der Waals surface area contributed by atoms with Gasteiger partial charge in [-0.2, -0.15) is 8.42 Å². The molecule has 1 N–H and O–H groups in total. The average Bonchev–Trinajstić information content (AvgIpc) is 2.76. The predicted molar refractivity (Wildman–Crippen MR) is 64.3 cm³/mol. The van der Waals surface area contributed by atoms with Gasteiger partial charge in [0, 0.05) is 13.2 Å². The number of aromatic nitrogens is 2. The number of hydrogen-bond acceptors (Lipinski definition) is 4. The quantitative estimate of drug-likeness (QED) is 0.898. The Morgan fingerprint density at radius 1 is 1.37 bits per heavy atom. The summed E-state index contributed by atoms with van der Waals surface area (Å²) in [6.07, 6.45) is 2.51. The average molecular weight is 283 g/mol. The Bertz CT molecular complexity index is 724. The van der Waals surface area contributed by atoms with Crippen LogP contribution in [0.25, 0.3) is 0 Å². The molecule has 0 aliphatic heterocycles. The van der Waals surface area contributed by atoms with Crippen LogP contribution in [0.2, 0.25) is 0 Å². The van der Waals surface area contributed by atoms with Crippen LogP contribution >= 0.6 is 0 Å². The van der Waals surface area contributed by atoms with Crippen LogP contribution in [0.3, 0.4) is 0 Å². The molecule has 6 nitrogen and oxygen atoms in total. The first-order chi connectivity index (χ1) is 8.90. The molecule has 2 rings (SSSR count). The van der Waals surface area contributed by atoms with Crippen LogP contribution in [-0.4, -0.2) is 23.9 Å². The minimum Gasteiger partial charge on any atom is -0.339 e. The molecule has 0 unspecified atom stereocenters. The van der Waals surface area contributed by atoms with Gasteiger partial charge in [-0.15, -0.1) is 0 Å². The Kier molecular flexibility index (Phi) is 3.34. The van der Waals surface area contributed by atoms with Gasteiger partial charge >= 0.3 is 0 Å². The van der Waals surface area contributed by atoms with Crippen LogP contribution in [0.1, 0.15) is 10.4 Å². The molecule has 0 bridgehead atoms. The van der Waals surface area contributed by atoms with E-state index in [1.54, 1.807) is 11.8 Å². The first-order valence-electron chi connectivity index (χ1n) is 5.20. The molecule has 0 atom stereocenters. The van der Waals surface area contributed by atoms with E-state index in [4.69, 9.17) is 0 Å². The van der Waals surface area contributed by atoms with Gasteiger partial charge in [0.2, 0.25) is 0 Å². The number of nitrogens with zero attached hydrogens (tertiary/aromatic N) is 2. The predicted octanol–water partition coefficient (Wildman–Crippen LogP) is 0.678. The van der Waals surface area contributed by atoms with E-state index in [2.05, 4.69) is 4.98 Å². The number of nitrogens with one attached hydrogen (secondary N) is 1. The monoisotopic (exact) mass is 283 g/mol. The van der Waals surface area contributed by atoms with Crippen LogP contribution in [-0.2, 0) is 17.1 Å². The van der Waals surface area contributed by atoms with E-state index < -0.39 is 21.7 Å². The van der Waals surface area contributed by atoms with Gasteiger partial charge in [-0.25, -0.2) is 14.1 Å². The molecule has 0 spiro atoms. The van der Waals surface area contributed by atoms with Crippen molar-refractivity contribution in [1.29, 1.82) is 0 Å². The van der Waals surface area contributed by atoms with Crippen molar-refractivity contribution in [3.05, 3.63) is 48.2 Å². The normalized spacial score (nSPS) is 11.3. The molecule has 1 heterocycles. The first-order valence-corrected chi connectivity index (χ1v) is 6.68. The number of amides is 1. The summed E-state index contributed by atoms with van der Waals surface area (Å²) in [5.74, 6) is -1.83. The van der Waals surface area contributed by atoms with E-state index in [1.165, 1.54) is 35.3 Å². The van der Waals surface area contributed by atoms with Crippen molar-refractivity contribution in [2.75, 3.05) is 0 Å². The fourth-order valence-electron chi connectivity index (χ4n) is 1.40. The third kappa shape index (κ3) is 2.79. The lowest BCUT2D eigenvalue weighted by Gasteiger charge is -2.05. The Morgan fingerprint density at radius 2 is 2.05 bits per heavy atom. The molecule has 2 aromatic rings. The summed E-state index contributed by atoms with van der Waals surface area (Å²) >= 11 is 0. The molecule has 1 aromatic heterocycles. The zero-order valence-electron chi connectivity index (χ0n) is 9.87. The molecule has 1 aromatic carbocycles. The lowest BCUT2D eigenvalue weighted by atomic mass is 10.2. The fourth-order valence-corrected chi connectivity index (χ4v) is 2.35. The van der Waals surface area contributed by atoms with Gasteiger partial charge in [0.15, 0.2) is 5.03 Å². The summed E-state index contributed by atoms with van der Waals surface area (Å²) < 4.78 is 40.1. The van der Waals surface area contributed by atoms with Crippen molar-refractivity contribution < 1.29 is 17.6 Å². The second kappa shape index (κ2) is 4.81. The molecular formula is C11H10FN3O3S. The van der Waals surface area contributed by atoms with Crippen molar-refractivity contribution >= 4 is 15.9 Å². The fraction of sp³-hybridized carbons (Fsp3) is 0.0909. The number of aryl methyl sites for hydroxylation is 1. The topological polar surface area (TPSA) is 81.1 Å². The van der Waals surface area contributed by atoms with Crippen molar-refractivity contribution in [3.8, 4) is 0 Å². The van der Waals surface area contributed by atoms with Crippen LogP contribution in [0.15, 0.2) is 41.8 Å². The Hall–Kier alpha value is -2.22. The molecule has 0 aliphatic rings. The molecule has 0 fully saturated rings. The van der Waals surface area contributed by atoms with Crippen molar-refractivity contribution in [1.82, 2.24) is 14.3 Å². The van der Waals surface area contributed by atoms with E-state index in [1.807, 2.05) is 0 Å². The zero-order valence-corrected chi connectivity index (χ0v) is 10.7. The number of carbonyl (C=O) groups excluding carboxylic acids is 1. The minimum absolute atomic E-state index is 0.306. The summed E-state index contributed by atoms with van der Waals surface area (Å²) in [6.45, 7) is 0. The maximum Gasteiger partial charge on any atom is 0.283 e. The lowest BCUT2D eigenvalue weighted by Crippen LogP contribution is -2.31. The van der Waals surface area contributed by atoms with E-state index in [0.717, 1.165) is 6.07 Å². The molecule has 19 heavy (non-hydrogen) atoms. The molecule has 100 valence electrons. The highest BCUT2D eigenvalue weighted by Gasteiger charge is 2.22. The van der Waals surface area contributed by atoms with Gasteiger partial charge in [0.25, 0.3) is 15.9 Å². The Balaban J connectivity index is 2.27. The summed E-state index contributed by atoms with van der Waals surface area (Å²) in [7, 11) is -2.51. The molecule has 0 aliphatic carbocycles. The Morgan fingerprint density at radius 3 is 2.63 bits per heavy atom. The second-order valence-corrected chi connectivity index (χ2v) is 5.42. The maximum atomic E-state index is 13.3. The summed E-state index contributed by atoms with van der Waals surface area (Å²) in [5, 5.41) is -0.306. The molecule has 0 saturated carbocycles. The highest BCUT2D eigenvalue weighted by atomic mass is 32.2. The highest BCUT2D eigenvalue weighted by molar-refractivity contribution is 7.90. The largest absolute Gasteiger partial charge is 0.339 e. The summed E-state index contributed by atoms with van der Waals surface area (Å²) in [4.78, 5) is 15.3. The van der Waals surface area contributed by atoms with Gasteiger partial charge in [0.05, 0.1) is 11.9 Å². The standard InChI is InChI=1S/C11H10FN3O3S/c1-15-6-10(13-7-15)19(17,18)14-11(16)8-4-2-3-5-9(8)12/h2-7H,1H3,(H,14,16). The van der Waals surface area contributed by atoms with Crippen molar-refractivity contribution in [3.63, 3.8) is 0 Å². The molecule has 8 heteroatoms. The van der Waals surface area contributed by atoms with Gasteiger partial charge in [0.1, 0.15) is 5.82 Å². The SMILES string of the molecule is Cn1cnc(S(=O)(=O)NC(=O)c2ccccc2F)c1. The first kappa shape index (κ1) is 13.2. The Labute approximate surface area is 108 Å². The van der Waals surface area contributed by atoms with E-state index >= 15 is 0 Å². The number of halogens is 1. The number of benzene rings is 1. The summed E-state index contributed by atoms with van der Waals surface area (Å²) in [6, 6.07) is 5.10. The number of rotatable bonds is 3. The second-order valence-electron chi connectivity index (χ2n) is 3.79. The van der Waals surface area contributed by atoms with E-state index in [0.29, 0.717) is 0 Å². The smallest absolute Gasteiger partial charge is 0.283 e. The van der Waals surface area contributed by atoms with Gasteiger partial charge in [-0.05, 0) is 12.1 Å². The van der Waals surface area contributed by atoms with Crippen LogP contribution in [0, 0.1) is 5.82 Å². The maximum absolute atomic E-state index is 13.3. The van der Waals surface area contributed by atoms with Gasteiger partial charge in [-0.3, -0.25) is 4.79 Å². The van der Waals surface area contributed by atoms with Crippen LogP contribution in [0.4, 0.5) is 4.39 Å². The number of carbonyl (C=O) groups is 1. The number of hydrogen-bond donors (Lipinski definition) is 1. The minimum atomic E-state index is -4.10. The third-order valence-corrected chi connectivity index (χ3v) is 3.52. The van der Waals surface area contributed by atoms with Gasteiger partial charge < -0.3 is 4.57 Å². The lowest BCUT2D eigenvalue weighted by molar-refractivity contribution is 0.0977. The van der Waals surface area contributed by atoms with E-state index in [9.17, 15) is 17.6 Å². The molecular weight excluding hydrogens is 273 g/mol. The van der Waals surface area contributed by atoms with Crippen LogP contribution < -0.4 is 4.72 Å². The number of sulfonamides is 1.